The van der Waals surface area contributed by atoms with Crippen molar-refractivity contribution in [3.8, 4) is 22.3 Å². The van der Waals surface area contributed by atoms with Crippen LogP contribution in [-0.4, -0.2) is 0 Å². The molecule has 0 saturated heterocycles. The lowest BCUT2D eigenvalue weighted by Crippen LogP contribution is -1.77. The molecule has 0 radical (unpaired) electrons. The first-order chi connectivity index (χ1) is 22.7. The first-order valence-electron chi connectivity index (χ1n) is 15.2. The third-order valence-electron chi connectivity index (χ3n) is 8.36. The summed E-state index contributed by atoms with van der Waals surface area (Å²) in [5, 5.41) is 2.77. The van der Waals surface area contributed by atoms with Gasteiger partial charge in [-0.1, -0.05) is 121 Å². The van der Waals surface area contributed by atoms with Crippen molar-refractivity contribution in [2.75, 3.05) is 0 Å². The Labute approximate surface area is 283 Å². The maximum atomic E-state index is 2.43. The molecule has 0 aliphatic heterocycles. The molecule has 0 aliphatic rings. The third kappa shape index (κ3) is 5.24. The van der Waals surface area contributed by atoms with Crippen molar-refractivity contribution in [3.63, 3.8) is 0 Å². The molecule has 0 saturated carbocycles. The zero-order valence-corrected chi connectivity index (χ0v) is 27.9. The van der Waals surface area contributed by atoms with Crippen molar-refractivity contribution in [1.82, 2.24) is 0 Å². The van der Waals surface area contributed by atoms with Gasteiger partial charge in [0.2, 0.25) is 0 Å². The monoisotopic (exact) mass is 658 g/mol. The fraction of sp³-hybridized carbons (Fsp3) is 0. The molecule has 0 unspecified atom stereocenters. The van der Waals surface area contributed by atoms with Crippen molar-refractivity contribution >= 4 is 109 Å². The predicted octanol–water partition coefficient (Wildman–Crippen LogP) is 14.2. The molecule has 4 heterocycles. The van der Waals surface area contributed by atoms with Gasteiger partial charge in [-0.2, -0.15) is 0 Å². The summed E-state index contributed by atoms with van der Waals surface area (Å²) in [6, 6.07) is 48.3. The van der Waals surface area contributed by atoms with Crippen LogP contribution in [0.15, 0.2) is 133 Å². The lowest BCUT2D eigenvalue weighted by atomic mass is 10.0. The van der Waals surface area contributed by atoms with Gasteiger partial charge < -0.3 is 0 Å². The number of hydrogen-bond donors (Lipinski definition) is 0. The van der Waals surface area contributed by atoms with Gasteiger partial charge in [-0.05, 0) is 69.8 Å². The Hall–Kier alpha value is -4.58. The second kappa shape index (κ2) is 11.7. The standard InChI is InChI=1S/C42H26S4/c1-3-7-29(8-4-1)31-17-11-27(12-18-31)15-21-33-23-39-41(43-33)35-25-38-36(26-37(35)45-39)42-40(46-38)24-34(44-42)22-16-28-13-19-32(20-14-28)30-9-5-2-6-10-30/h1-26H/b21-15+,22-16+. The molecule has 0 nitrogen and oxygen atoms in total. The summed E-state index contributed by atoms with van der Waals surface area (Å²) < 4.78 is 8.32. The number of fused-ring (bicyclic) bond motifs is 6. The van der Waals surface area contributed by atoms with E-state index in [1.807, 2.05) is 45.3 Å². The van der Waals surface area contributed by atoms with Gasteiger partial charge in [0.15, 0.2) is 0 Å². The minimum absolute atomic E-state index is 1.22. The summed E-state index contributed by atoms with van der Waals surface area (Å²) in [5.41, 5.74) is 7.44. The van der Waals surface area contributed by atoms with E-state index < -0.39 is 0 Å². The van der Waals surface area contributed by atoms with E-state index >= 15 is 0 Å². The molecule has 218 valence electrons. The lowest BCUT2D eigenvalue weighted by Gasteiger charge is -2.01. The Morgan fingerprint density at radius 3 is 1.13 bits per heavy atom. The van der Waals surface area contributed by atoms with Gasteiger partial charge in [-0.15, -0.1) is 45.3 Å². The first kappa shape index (κ1) is 27.7. The Balaban J connectivity index is 0.957. The van der Waals surface area contributed by atoms with Crippen LogP contribution < -0.4 is 0 Å². The molecule has 0 amide bonds. The second-order valence-corrected chi connectivity index (χ2v) is 15.7. The highest BCUT2D eigenvalue weighted by atomic mass is 32.1. The maximum absolute atomic E-state index is 2.43. The lowest BCUT2D eigenvalue weighted by molar-refractivity contribution is 1.60. The number of hydrogen-bond acceptors (Lipinski definition) is 4. The average molecular weight is 659 g/mol. The van der Waals surface area contributed by atoms with Crippen molar-refractivity contribution in [2.45, 2.75) is 0 Å². The fourth-order valence-corrected chi connectivity index (χ4v) is 10.9. The summed E-state index contributed by atoms with van der Waals surface area (Å²) in [7, 11) is 0. The van der Waals surface area contributed by atoms with E-state index in [-0.39, 0.29) is 0 Å². The summed E-state index contributed by atoms with van der Waals surface area (Å²) in [6.07, 6.45) is 8.97. The molecule has 46 heavy (non-hydrogen) atoms. The Kier molecular flexibility index (Phi) is 7.02. The largest absolute Gasteiger partial charge is 0.134 e. The highest BCUT2D eigenvalue weighted by Crippen LogP contribution is 2.46. The summed E-state index contributed by atoms with van der Waals surface area (Å²) in [6.45, 7) is 0. The van der Waals surface area contributed by atoms with E-state index in [1.165, 1.54) is 82.1 Å². The van der Waals surface area contributed by atoms with Crippen LogP contribution in [0, 0.1) is 0 Å². The molecule has 0 bridgehead atoms. The molecule has 0 atom stereocenters. The van der Waals surface area contributed by atoms with Crippen LogP contribution in [0.5, 0.6) is 0 Å². The fourth-order valence-electron chi connectivity index (χ4n) is 5.99. The van der Waals surface area contributed by atoms with E-state index in [4.69, 9.17) is 0 Å². The van der Waals surface area contributed by atoms with E-state index in [0.717, 1.165) is 0 Å². The van der Waals surface area contributed by atoms with E-state index in [0.29, 0.717) is 0 Å². The number of rotatable bonds is 6. The molecule has 9 rings (SSSR count). The number of benzene rings is 5. The van der Waals surface area contributed by atoms with Crippen LogP contribution in [0.2, 0.25) is 0 Å². The van der Waals surface area contributed by atoms with Crippen molar-refractivity contribution in [2.24, 2.45) is 0 Å². The minimum Gasteiger partial charge on any atom is -0.134 e. The molecule has 0 fully saturated rings. The highest BCUT2D eigenvalue weighted by molar-refractivity contribution is 7.34. The average Bonchev–Trinajstić information content (AvgIpc) is 3.86. The molecular weight excluding hydrogens is 633 g/mol. The van der Waals surface area contributed by atoms with Gasteiger partial charge in [0.1, 0.15) is 0 Å². The first-order valence-corrected chi connectivity index (χ1v) is 18.5. The number of thiophene rings is 4. The van der Waals surface area contributed by atoms with Gasteiger partial charge in [0.25, 0.3) is 0 Å². The highest BCUT2D eigenvalue weighted by Gasteiger charge is 2.14. The van der Waals surface area contributed by atoms with Crippen LogP contribution in [0.25, 0.3) is 85.5 Å². The third-order valence-corrected chi connectivity index (χ3v) is 13.1. The Morgan fingerprint density at radius 1 is 0.326 bits per heavy atom. The summed E-state index contributed by atoms with van der Waals surface area (Å²) in [4.78, 5) is 2.60. The topological polar surface area (TPSA) is 0 Å². The van der Waals surface area contributed by atoms with Crippen LogP contribution in [0.1, 0.15) is 20.9 Å². The van der Waals surface area contributed by atoms with Gasteiger partial charge in [0.05, 0.1) is 9.40 Å². The maximum Gasteiger partial charge on any atom is 0.0536 e. The molecule has 9 aromatic rings. The van der Waals surface area contributed by atoms with Crippen LogP contribution in [0.3, 0.4) is 0 Å². The van der Waals surface area contributed by atoms with Gasteiger partial charge in [-0.3, -0.25) is 0 Å². The van der Waals surface area contributed by atoms with Crippen LogP contribution >= 0.6 is 45.3 Å². The van der Waals surface area contributed by atoms with Crippen molar-refractivity contribution < 1.29 is 0 Å². The molecule has 0 aliphatic carbocycles. The Morgan fingerprint density at radius 2 is 0.717 bits per heavy atom. The van der Waals surface area contributed by atoms with Crippen molar-refractivity contribution in [1.29, 1.82) is 0 Å². The molecule has 4 heteroatoms. The smallest absolute Gasteiger partial charge is 0.0536 e. The van der Waals surface area contributed by atoms with Crippen molar-refractivity contribution in [3.05, 3.63) is 154 Å². The SMILES string of the molecule is C(=C\c1cc2sc3cc4c(cc3c2s1)sc1cc(/C=C/c2ccc(-c3ccccc3)cc2)sc14)/c1ccc(-c2ccccc2)cc1. The van der Waals surface area contributed by atoms with Crippen LogP contribution in [-0.2, 0) is 0 Å². The molecule has 5 aromatic carbocycles. The minimum atomic E-state index is 1.22. The summed E-state index contributed by atoms with van der Waals surface area (Å²) >= 11 is 7.63. The molecule has 4 aromatic heterocycles. The second-order valence-electron chi connectivity index (χ2n) is 11.4. The van der Waals surface area contributed by atoms with E-state index in [2.05, 4.69) is 158 Å². The van der Waals surface area contributed by atoms with E-state index in [9.17, 15) is 0 Å². The van der Waals surface area contributed by atoms with E-state index in [1.54, 1.807) is 0 Å². The zero-order chi connectivity index (χ0) is 30.5. The molecular formula is C42H26S4. The van der Waals surface area contributed by atoms with Gasteiger partial charge in [0, 0.05) is 39.3 Å². The quantitative estimate of drug-likeness (QED) is 0.167. The van der Waals surface area contributed by atoms with Gasteiger partial charge >= 0.3 is 0 Å². The zero-order valence-electron chi connectivity index (χ0n) is 24.6. The summed E-state index contributed by atoms with van der Waals surface area (Å²) in [5.74, 6) is 0. The molecule has 0 N–H and O–H groups in total. The van der Waals surface area contributed by atoms with Gasteiger partial charge in [-0.25, -0.2) is 0 Å². The normalized spacial score (nSPS) is 12.2. The molecule has 0 spiro atoms. The predicted molar refractivity (Wildman–Crippen MR) is 210 cm³/mol. The Bertz CT molecular complexity index is 2350. The van der Waals surface area contributed by atoms with Crippen LogP contribution in [0.4, 0.5) is 0 Å².